The van der Waals surface area contributed by atoms with Crippen molar-refractivity contribution >= 4 is 7.60 Å². The molecular weight excluding hydrogens is 573 g/mol. The van der Waals surface area contributed by atoms with E-state index in [-0.39, 0.29) is 12.2 Å². The fraction of sp³-hybridized carbons (Fsp3) is 0.800. The van der Waals surface area contributed by atoms with E-state index in [1.54, 1.807) is 0 Å². The smallest absolute Gasteiger partial charge is 0.309 e. The molecule has 0 saturated carbocycles. The zero-order valence-electron chi connectivity index (χ0n) is 30.3. The van der Waals surface area contributed by atoms with Gasteiger partial charge in [0.2, 0.25) is 0 Å². The normalized spacial score (nSPS) is 20.8. The molecule has 0 aromatic rings. The summed E-state index contributed by atoms with van der Waals surface area (Å²) in [5, 5.41) is 0. The molecule has 1 aliphatic rings. The first-order chi connectivity index (χ1) is 22.0. The van der Waals surface area contributed by atoms with Crippen LogP contribution in [0.2, 0.25) is 0 Å². The van der Waals surface area contributed by atoms with Crippen LogP contribution in [0.4, 0.5) is 0 Å². The van der Waals surface area contributed by atoms with Crippen LogP contribution in [0.15, 0.2) is 48.6 Å². The lowest BCUT2D eigenvalue weighted by Crippen LogP contribution is -2.22. The summed E-state index contributed by atoms with van der Waals surface area (Å²) in [5.41, 5.74) is 0. The molecule has 262 valence electrons. The molecule has 1 saturated heterocycles. The largest absolute Gasteiger partial charge is 0.332 e. The van der Waals surface area contributed by atoms with Gasteiger partial charge in [0.05, 0.1) is 18.4 Å². The minimum Gasteiger partial charge on any atom is -0.309 e. The van der Waals surface area contributed by atoms with Crippen molar-refractivity contribution in [2.75, 3.05) is 26.8 Å². The molecule has 0 aliphatic carbocycles. The van der Waals surface area contributed by atoms with Gasteiger partial charge in [-0.25, -0.2) is 0 Å². The summed E-state index contributed by atoms with van der Waals surface area (Å²) in [5.74, 6) is 0. The van der Waals surface area contributed by atoms with Gasteiger partial charge in [-0.15, -0.1) is 0 Å². The summed E-state index contributed by atoms with van der Waals surface area (Å²) in [4.78, 5) is 2.07. The van der Waals surface area contributed by atoms with Crippen LogP contribution in [0, 0.1) is 0 Å². The lowest BCUT2D eigenvalue weighted by atomic mass is 9.99. The number of hydrogen-bond acceptors (Lipinski definition) is 4. The predicted octanol–water partition coefficient (Wildman–Crippen LogP) is 13.2. The number of unbranched alkanes of at least 4 members (excludes halogenated alkanes) is 16. The molecule has 5 heteroatoms. The molecule has 1 rings (SSSR count). The third kappa shape index (κ3) is 25.8. The van der Waals surface area contributed by atoms with Gasteiger partial charge in [-0.3, -0.25) is 4.57 Å². The van der Waals surface area contributed by atoms with Crippen LogP contribution in [-0.2, 0) is 13.6 Å². The Morgan fingerprint density at radius 3 is 1.24 bits per heavy atom. The summed E-state index contributed by atoms with van der Waals surface area (Å²) in [7, 11) is 1.05. The van der Waals surface area contributed by atoms with E-state index in [0.29, 0.717) is 6.16 Å². The Morgan fingerprint density at radius 2 is 0.867 bits per heavy atom. The molecule has 0 radical (unpaired) electrons. The van der Waals surface area contributed by atoms with Crippen molar-refractivity contribution in [3.8, 4) is 0 Å². The fourth-order valence-electron chi connectivity index (χ4n) is 5.79. The molecule has 0 spiro atoms. The van der Waals surface area contributed by atoms with Gasteiger partial charge in [0, 0.05) is 6.54 Å². The molecule has 0 amide bonds. The molecular formula is C40H74NO3P. The second-order valence-corrected chi connectivity index (χ2v) is 15.6. The minimum absolute atomic E-state index is 0.00166. The zero-order chi connectivity index (χ0) is 32.7. The topological polar surface area (TPSA) is 38.8 Å². The Kier molecular flexibility index (Phi) is 28.4. The number of nitrogens with zero attached hydrogens (tertiary/aromatic N) is 1. The minimum atomic E-state index is -2.98. The highest BCUT2D eigenvalue weighted by atomic mass is 31.2. The third-order valence-electron chi connectivity index (χ3n) is 8.71. The standard InChI is InChI=1S/C40H74NO3P/c1-5-7-9-11-13-15-17-19-21-23-25-27-29-31-33-35-39-40(44-45(42,43-39)38-37-41(3)4)36-34-32-30-28-26-24-22-20-18-16-14-12-10-8-6-2/h13-16,19-22,39-40H,5-12,17-18,23-38H2,1-4H3. The number of hydrogen-bond donors (Lipinski definition) is 0. The van der Waals surface area contributed by atoms with Crippen LogP contribution in [0.5, 0.6) is 0 Å². The molecule has 0 aromatic heterocycles. The van der Waals surface area contributed by atoms with Crippen molar-refractivity contribution in [3.63, 3.8) is 0 Å². The van der Waals surface area contributed by atoms with Crippen molar-refractivity contribution in [3.05, 3.63) is 48.6 Å². The quantitative estimate of drug-likeness (QED) is 0.0426. The predicted molar refractivity (Wildman–Crippen MR) is 199 cm³/mol. The van der Waals surface area contributed by atoms with E-state index >= 15 is 0 Å². The molecule has 1 aliphatic heterocycles. The van der Waals surface area contributed by atoms with Gasteiger partial charge in [-0.05, 0) is 91.1 Å². The maximum Gasteiger partial charge on any atom is 0.332 e. The van der Waals surface area contributed by atoms with E-state index in [2.05, 4.69) is 67.4 Å². The number of rotatable bonds is 31. The maximum absolute atomic E-state index is 13.4. The van der Waals surface area contributed by atoms with Crippen LogP contribution in [0.3, 0.4) is 0 Å². The highest BCUT2D eigenvalue weighted by molar-refractivity contribution is 7.54. The Bertz CT molecular complexity index is 760. The third-order valence-corrected chi connectivity index (χ3v) is 10.6. The van der Waals surface area contributed by atoms with Crippen molar-refractivity contribution < 1.29 is 13.6 Å². The summed E-state index contributed by atoms with van der Waals surface area (Å²) in [6.07, 6.45) is 48.4. The van der Waals surface area contributed by atoms with Crippen LogP contribution in [0.25, 0.3) is 0 Å². The van der Waals surface area contributed by atoms with E-state index in [9.17, 15) is 4.57 Å². The average molecular weight is 648 g/mol. The van der Waals surface area contributed by atoms with E-state index in [1.165, 1.54) is 116 Å². The van der Waals surface area contributed by atoms with Crippen molar-refractivity contribution in [1.82, 2.24) is 4.90 Å². The van der Waals surface area contributed by atoms with E-state index < -0.39 is 7.60 Å². The molecule has 45 heavy (non-hydrogen) atoms. The SMILES string of the molecule is CCCCCC=CCC=CCCCCCCCC1OP(=O)(CCN(C)C)OC1CCCCCCCC=CCC=CCCCCC. The Hall–Kier alpha value is -0.930. The Balaban J connectivity index is 2.20. The molecule has 0 N–H and O–H groups in total. The summed E-state index contributed by atoms with van der Waals surface area (Å²) in [6.45, 7) is 5.26. The van der Waals surface area contributed by atoms with Crippen LogP contribution >= 0.6 is 7.60 Å². The summed E-state index contributed by atoms with van der Waals surface area (Å²) < 4.78 is 25.7. The van der Waals surface area contributed by atoms with E-state index in [4.69, 9.17) is 9.05 Å². The summed E-state index contributed by atoms with van der Waals surface area (Å²) in [6, 6.07) is 0. The van der Waals surface area contributed by atoms with Gasteiger partial charge in [0.15, 0.2) is 0 Å². The van der Waals surface area contributed by atoms with Gasteiger partial charge < -0.3 is 13.9 Å². The van der Waals surface area contributed by atoms with Gasteiger partial charge in [-0.1, -0.05) is 140 Å². The number of allylic oxidation sites excluding steroid dienone is 8. The lowest BCUT2D eigenvalue weighted by Gasteiger charge is -2.15. The first kappa shape index (κ1) is 42.1. The Morgan fingerprint density at radius 1 is 0.511 bits per heavy atom. The van der Waals surface area contributed by atoms with Crippen molar-refractivity contribution in [2.45, 2.75) is 180 Å². The molecule has 4 nitrogen and oxygen atoms in total. The molecule has 0 bridgehead atoms. The zero-order valence-corrected chi connectivity index (χ0v) is 31.2. The molecule has 2 atom stereocenters. The van der Waals surface area contributed by atoms with E-state index in [0.717, 1.165) is 45.1 Å². The second-order valence-electron chi connectivity index (χ2n) is 13.5. The second kappa shape index (κ2) is 30.4. The average Bonchev–Trinajstić information content (AvgIpc) is 3.35. The molecule has 0 aromatic carbocycles. The first-order valence-corrected chi connectivity index (χ1v) is 20.9. The van der Waals surface area contributed by atoms with Gasteiger partial charge in [0.1, 0.15) is 0 Å². The molecule has 1 heterocycles. The monoisotopic (exact) mass is 648 g/mol. The van der Waals surface area contributed by atoms with E-state index in [1.807, 2.05) is 14.1 Å². The van der Waals surface area contributed by atoms with Crippen molar-refractivity contribution in [2.24, 2.45) is 0 Å². The lowest BCUT2D eigenvalue weighted by molar-refractivity contribution is 0.133. The van der Waals surface area contributed by atoms with Crippen LogP contribution < -0.4 is 0 Å². The highest BCUT2D eigenvalue weighted by Crippen LogP contribution is 2.57. The van der Waals surface area contributed by atoms with Gasteiger partial charge in [-0.2, -0.15) is 0 Å². The van der Waals surface area contributed by atoms with Crippen molar-refractivity contribution in [1.29, 1.82) is 0 Å². The summed E-state index contributed by atoms with van der Waals surface area (Å²) >= 11 is 0. The highest BCUT2D eigenvalue weighted by Gasteiger charge is 2.43. The van der Waals surface area contributed by atoms with Gasteiger partial charge >= 0.3 is 7.60 Å². The Labute approximate surface area is 281 Å². The van der Waals surface area contributed by atoms with Crippen LogP contribution in [-0.4, -0.2) is 43.9 Å². The fourth-order valence-corrected chi connectivity index (χ4v) is 8.01. The van der Waals surface area contributed by atoms with Gasteiger partial charge in [0.25, 0.3) is 0 Å². The first-order valence-electron chi connectivity index (χ1n) is 19.2. The molecule has 2 unspecified atom stereocenters. The molecule has 1 fully saturated rings. The van der Waals surface area contributed by atoms with Crippen LogP contribution in [0.1, 0.15) is 168 Å². The maximum atomic E-state index is 13.4.